The van der Waals surface area contributed by atoms with Crippen molar-refractivity contribution in [3.8, 4) is 0 Å². The molecule has 0 unspecified atom stereocenters. The molecule has 4 nitrogen and oxygen atoms in total. The molecular formula is C14H26N2O2S2. The van der Waals surface area contributed by atoms with Crippen LogP contribution in [0.2, 0.25) is 0 Å². The molecule has 1 heterocycles. The lowest BCUT2D eigenvalue weighted by molar-refractivity contribution is 0.429. The zero-order valence-electron chi connectivity index (χ0n) is 12.8. The molecule has 0 saturated heterocycles. The van der Waals surface area contributed by atoms with Gasteiger partial charge in [-0.15, -0.1) is 11.3 Å². The van der Waals surface area contributed by atoms with E-state index in [1.165, 1.54) is 15.6 Å². The SMILES string of the molecule is CCNCCc1ccc(S(=O)(=O)N(C)CCC(C)C)s1. The van der Waals surface area contributed by atoms with Crippen molar-refractivity contribution < 1.29 is 8.42 Å². The molecule has 1 N–H and O–H groups in total. The number of likely N-dealkylation sites (N-methyl/N-ethyl adjacent to an activating group) is 1. The van der Waals surface area contributed by atoms with E-state index in [1.54, 1.807) is 13.1 Å². The summed E-state index contributed by atoms with van der Waals surface area (Å²) in [6.07, 6.45) is 1.76. The van der Waals surface area contributed by atoms with Crippen molar-refractivity contribution in [3.63, 3.8) is 0 Å². The predicted molar refractivity (Wildman–Crippen MR) is 85.8 cm³/mol. The van der Waals surface area contributed by atoms with Crippen LogP contribution in [-0.4, -0.2) is 39.4 Å². The molecule has 0 amide bonds. The van der Waals surface area contributed by atoms with Crippen LogP contribution >= 0.6 is 11.3 Å². The van der Waals surface area contributed by atoms with Crippen molar-refractivity contribution in [2.45, 2.75) is 37.8 Å². The van der Waals surface area contributed by atoms with Crippen LogP contribution < -0.4 is 5.32 Å². The van der Waals surface area contributed by atoms with Crippen LogP contribution in [0.5, 0.6) is 0 Å². The topological polar surface area (TPSA) is 49.4 Å². The minimum atomic E-state index is -3.31. The van der Waals surface area contributed by atoms with Crippen molar-refractivity contribution >= 4 is 21.4 Å². The first kappa shape index (κ1) is 17.6. The van der Waals surface area contributed by atoms with Gasteiger partial charge in [-0.2, -0.15) is 0 Å². The molecule has 0 aromatic carbocycles. The fourth-order valence-corrected chi connectivity index (χ4v) is 4.49. The molecule has 6 heteroatoms. The molecule has 1 rings (SSSR count). The Balaban J connectivity index is 2.67. The van der Waals surface area contributed by atoms with Gasteiger partial charge in [-0.3, -0.25) is 0 Å². The van der Waals surface area contributed by atoms with Crippen LogP contribution in [0.15, 0.2) is 16.3 Å². The van der Waals surface area contributed by atoms with Crippen LogP contribution in [0.4, 0.5) is 0 Å². The molecule has 20 heavy (non-hydrogen) atoms. The minimum Gasteiger partial charge on any atom is -0.317 e. The van der Waals surface area contributed by atoms with Gasteiger partial charge in [0, 0.05) is 18.5 Å². The van der Waals surface area contributed by atoms with Gasteiger partial charge in [0.1, 0.15) is 4.21 Å². The Morgan fingerprint density at radius 2 is 2.05 bits per heavy atom. The molecule has 0 aliphatic rings. The van der Waals surface area contributed by atoms with Gasteiger partial charge in [0.15, 0.2) is 0 Å². The van der Waals surface area contributed by atoms with Gasteiger partial charge in [-0.05, 0) is 44.0 Å². The van der Waals surface area contributed by atoms with Gasteiger partial charge in [-0.25, -0.2) is 12.7 Å². The molecule has 0 aliphatic carbocycles. The molecule has 0 bridgehead atoms. The molecule has 0 radical (unpaired) electrons. The van der Waals surface area contributed by atoms with E-state index in [2.05, 4.69) is 26.1 Å². The highest BCUT2D eigenvalue weighted by Crippen LogP contribution is 2.25. The summed E-state index contributed by atoms with van der Waals surface area (Å²) in [7, 11) is -1.65. The third-order valence-electron chi connectivity index (χ3n) is 3.12. The Labute approximate surface area is 127 Å². The average molecular weight is 319 g/mol. The summed E-state index contributed by atoms with van der Waals surface area (Å²) >= 11 is 1.38. The third kappa shape index (κ3) is 5.16. The monoisotopic (exact) mass is 318 g/mol. The first-order valence-electron chi connectivity index (χ1n) is 7.13. The lowest BCUT2D eigenvalue weighted by atomic mass is 10.1. The van der Waals surface area contributed by atoms with Gasteiger partial charge in [0.05, 0.1) is 0 Å². The number of rotatable bonds is 9. The van der Waals surface area contributed by atoms with Gasteiger partial charge < -0.3 is 5.32 Å². The highest BCUT2D eigenvalue weighted by atomic mass is 32.2. The summed E-state index contributed by atoms with van der Waals surface area (Å²) < 4.78 is 26.7. The Bertz CT molecular complexity index is 495. The van der Waals surface area contributed by atoms with E-state index in [1.807, 2.05) is 6.07 Å². The van der Waals surface area contributed by atoms with Crippen LogP contribution in [0.1, 0.15) is 32.1 Å². The second kappa shape index (κ2) is 8.12. The molecule has 0 atom stereocenters. The first-order valence-corrected chi connectivity index (χ1v) is 9.39. The smallest absolute Gasteiger partial charge is 0.252 e. The molecule has 0 aliphatic heterocycles. The van der Waals surface area contributed by atoms with Crippen LogP contribution in [0.3, 0.4) is 0 Å². The summed E-state index contributed by atoms with van der Waals surface area (Å²) in [6.45, 7) is 8.67. The Kier molecular flexibility index (Phi) is 7.15. The molecule has 0 fully saturated rings. The highest BCUT2D eigenvalue weighted by Gasteiger charge is 2.22. The predicted octanol–water partition coefficient (Wildman–Crippen LogP) is 2.57. The molecule has 1 aromatic rings. The van der Waals surface area contributed by atoms with Crippen molar-refractivity contribution in [3.05, 3.63) is 17.0 Å². The van der Waals surface area contributed by atoms with E-state index in [0.717, 1.165) is 30.8 Å². The fraction of sp³-hybridized carbons (Fsp3) is 0.714. The lowest BCUT2D eigenvalue weighted by Gasteiger charge is -2.17. The first-order chi connectivity index (χ1) is 9.37. The lowest BCUT2D eigenvalue weighted by Crippen LogP contribution is -2.28. The number of hydrogen-bond acceptors (Lipinski definition) is 4. The van der Waals surface area contributed by atoms with Crippen LogP contribution in [0.25, 0.3) is 0 Å². The standard InChI is InChI=1S/C14H26N2O2S2/c1-5-15-10-8-13-6-7-14(19-13)20(17,18)16(4)11-9-12(2)3/h6-7,12,15H,5,8-11H2,1-4H3. The van der Waals surface area contributed by atoms with E-state index >= 15 is 0 Å². The quantitative estimate of drug-likeness (QED) is 0.712. The second-order valence-electron chi connectivity index (χ2n) is 5.33. The van der Waals surface area contributed by atoms with E-state index in [0.29, 0.717) is 16.7 Å². The summed E-state index contributed by atoms with van der Waals surface area (Å²) in [5, 5.41) is 3.25. The van der Waals surface area contributed by atoms with E-state index in [4.69, 9.17) is 0 Å². The van der Waals surface area contributed by atoms with Gasteiger partial charge in [-0.1, -0.05) is 20.8 Å². The minimum absolute atomic E-state index is 0.454. The van der Waals surface area contributed by atoms with Crippen molar-refractivity contribution in [1.82, 2.24) is 9.62 Å². The molecule has 1 aromatic heterocycles. The van der Waals surface area contributed by atoms with Crippen molar-refractivity contribution in [2.75, 3.05) is 26.7 Å². The zero-order valence-corrected chi connectivity index (χ0v) is 14.5. The number of hydrogen-bond donors (Lipinski definition) is 1. The molecule has 0 spiro atoms. The van der Waals surface area contributed by atoms with Crippen molar-refractivity contribution in [2.24, 2.45) is 5.92 Å². The summed E-state index contributed by atoms with van der Waals surface area (Å²) in [4.78, 5) is 1.11. The maximum absolute atomic E-state index is 12.4. The van der Waals surface area contributed by atoms with E-state index < -0.39 is 10.0 Å². The van der Waals surface area contributed by atoms with E-state index in [9.17, 15) is 8.42 Å². The van der Waals surface area contributed by atoms with Crippen molar-refractivity contribution in [1.29, 1.82) is 0 Å². The number of sulfonamides is 1. The molecule has 0 saturated carbocycles. The maximum atomic E-state index is 12.4. The summed E-state index contributed by atoms with van der Waals surface area (Å²) in [5.41, 5.74) is 0. The fourth-order valence-electron chi connectivity index (χ4n) is 1.73. The Morgan fingerprint density at radius 1 is 1.35 bits per heavy atom. The van der Waals surface area contributed by atoms with Gasteiger partial charge >= 0.3 is 0 Å². The van der Waals surface area contributed by atoms with Gasteiger partial charge in [0.2, 0.25) is 0 Å². The number of nitrogens with zero attached hydrogens (tertiary/aromatic N) is 1. The maximum Gasteiger partial charge on any atom is 0.252 e. The Hall–Kier alpha value is -0.430. The molecule has 116 valence electrons. The number of nitrogens with one attached hydrogen (secondary N) is 1. The van der Waals surface area contributed by atoms with Crippen LogP contribution in [0, 0.1) is 5.92 Å². The number of thiophene rings is 1. The summed E-state index contributed by atoms with van der Waals surface area (Å²) in [5.74, 6) is 0.506. The largest absolute Gasteiger partial charge is 0.317 e. The Morgan fingerprint density at radius 3 is 2.65 bits per heavy atom. The van der Waals surface area contributed by atoms with E-state index in [-0.39, 0.29) is 0 Å². The zero-order chi connectivity index (χ0) is 15.2. The average Bonchev–Trinajstić information content (AvgIpc) is 2.85. The normalized spacial score (nSPS) is 12.5. The van der Waals surface area contributed by atoms with Gasteiger partial charge in [0.25, 0.3) is 10.0 Å². The third-order valence-corrected chi connectivity index (χ3v) is 6.59. The molecular weight excluding hydrogens is 292 g/mol. The van der Waals surface area contributed by atoms with Crippen LogP contribution in [-0.2, 0) is 16.4 Å². The highest BCUT2D eigenvalue weighted by molar-refractivity contribution is 7.91. The second-order valence-corrected chi connectivity index (χ2v) is 8.77. The summed E-state index contributed by atoms with van der Waals surface area (Å²) in [6, 6.07) is 3.65.